The lowest BCUT2D eigenvalue weighted by atomic mass is 10.3. The number of hydrogen-bond donors (Lipinski definition) is 1. The molecule has 1 atom stereocenters. The van der Waals surface area contributed by atoms with Crippen LogP contribution in [0.3, 0.4) is 0 Å². The van der Waals surface area contributed by atoms with Crippen molar-refractivity contribution >= 4 is 11.3 Å². The van der Waals surface area contributed by atoms with Crippen LogP contribution in [-0.4, -0.2) is 20.0 Å². The number of oxazole rings is 1. The second kappa shape index (κ2) is 5.18. The summed E-state index contributed by atoms with van der Waals surface area (Å²) in [5, 5.41) is 10.1. The molecule has 3 rings (SSSR count). The average molecular weight is 289 g/mol. The normalized spacial score (nSPS) is 12.8. The van der Waals surface area contributed by atoms with Crippen LogP contribution in [-0.2, 0) is 6.54 Å². The number of nitrogens with zero attached hydrogens (tertiary/aromatic N) is 4. The lowest BCUT2D eigenvalue weighted by Crippen LogP contribution is -2.05. The summed E-state index contributed by atoms with van der Waals surface area (Å²) >= 11 is 1.60. The maximum absolute atomic E-state index is 5.77. The maximum Gasteiger partial charge on any atom is 0.236 e. The van der Waals surface area contributed by atoms with Crippen molar-refractivity contribution in [3.8, 4) is 10.8 Å². The largest absolute Gasteiger partial charge is 0.440 e. The fourth-order valence-corrected chi connectivity index (χ4v) is 2.48. The third kappa shape index (κ3) is 2.50. The molecule has 6 nitrogen and oxygen atoms in total. The first-order valence-corrected chi connectivity index (χ1v) is 7.17. The highest BCUT2D eigenvalue weighted by Gasteiger charge is 2.14. The van der Waals surface area contributed by atoms with Crippen molar-refractivity contribution in [2.45, 2.75) is 26.4 Å². The number of rotatable bonds is 4. The molecule has 3 heterocycles. The van der Waals surface area contributed by atoms with E-state index < -0.39 is 0 Å². The van der Waals surface area contributed by atoms with Gasteiger partial charge in [0.25, 0.3) is 0 Å². The van der Waals surface area contributed by atoms with Gasteiger partial charge in [0.2, 0.25) is 5.89 Å². The highest BCUT2D eigenvalue weighted by atomic mass is 32.1. The van der Waals surface area contributed by atoms with Gasteiger partial charge in [-0.2, -0.15) is 0 Å². The summed E-state index contributed by atoms with van der Waals surface area (Å²) in [6.07, 6.45) is 1.84. The van der Waals surface area contributed by atoms with E-state index in [0.29, 0.717) is 12.4 Å². The second-order valence-electron chi connectivity index (χ2n) is 4.63. The van der Waals surface area contributed by atoms with Crippen LogP contribution in [0.2, 0.25) is 0 Å². The van der Waals surface area contributed by atoms with Crippen LogP contribution in [0.25, 0.3) is 10.8 Å². The molecule has 104 valence electrons. The molecule has 1 unspecified atom stereocenters. The van der Waals surface area contributed by atoms with Crippen LogP contribution in [0.5, 0.6) is 0 Å². The molecule has 0 aliphatic heterocycles. The summed E-state index contributed by atoms with van der Waals surface area (Å²) in [7, 11) is 0. The number of hydrogen-bond acceptors (Lipinski definition) is 6. The van der Waals surface area contributed by atoms with Gasteiger partial charge in [-0.05, 0) is 25.3 Å². The predicted octanol–water partition coefficient (Wildman–Crippen LogP) is 2.37. The van der Waals surface area contributed by atoms with Crippen molar-refractivity contribution in [3.63, 3.8) is 0 Å². The smallest absolute Gasteiger partial charge is 0.236 e. The van der Waals surface area contributed by atoms with Gasteiger partial charge in [0.05, 0.1) is 23.3 Å². The van der Waals surface area contributed by atoms with E-state index in [1.165, 1.54) is 0 Å². The van der Waals surface area contributed by atoms with Gasteiger partial charge in [0.15, 0.2) is 0 Å². The zero-order valence-electron chi connectivity index (χ0n) is 11.3. The third-order valence-corrected chi connectivity index (χ3v) is 3.82. The lowest BCUT2D eigenvalue weighted by molar-refractivity contribution is 0.536. The van der Waals surface area contributed by atoms with Gasteiger partial charge in [-0.3, -0.25) is 0 Å². The van der Waals surface area contributed by atoms with Gasteiger partial charge in [-0.1, -0.05) is 11.3 Å². The van der Waals surface area contributed by atoms with E-state index in [-0.39, 0.29) is 6.04 Å². The van der Waals surface area contributed by atoms with Crippen LogP contribution in [0.1, 0.15) is 30.1 Å². The van der Waals surface area contributed by atoms with Gasteiger partial charge in [0.1, 0.15) is 11.5 Å². The SMILES string of the molecule is Cc1oc(-c2cccs2)nc1Cn1cc(C(C)N)nn1. The van der Waals surface area contributed by atoms with Crippen molar-refractivity contribution in [2.75, 3.05) is 0 Å². The Labute approximate surface area is 120 Å². The quantitative estimate of drug-likeness (QED) is 0.797. The summed E-state index contributed by atoms with van der Waals surface area (Å²) in [6, 6.07) is 3.85. The average Bonchev–Trinajstić information content (AvgIpc) is 3.11. The molecule has 0 bridgehead atoms. The summed E-state index contributed by atoms with van der Waals surface area (Å²) < 4.78 is 7.42. The topological polar surface area (TPSA) is 82.8 Å². The number of aryl methyl sites for hydroxylation is 1. The molecule has 0 saturated heterocycles. The molecule has 2 N–H and O–H groups in total. The Hall–Kier alpha value is -1.99. The molecule has 0 amide bonds. The Morgan fingerprint density at radius 1 is 1.50 bits per heavy atom. The minimum absolute atomic E-state index is 0.121. The highest BCUT2D eigenvalue weighted by molar-refractivity contribution is 7.13. The molecule has 0 saturated carbocycles. The Balaban J connectivity index is 1.83. The molecular formula is C13H15N5OS. The molecule has 0 spiro atoms. The summed E-state index contributed by atoms with van der Waals surface area (Å²) in [6.45, 7) is 4.31. The van der Waals surface area contributed by atoms with Gasteiger partial charge < -0.3 is 10.2 Å². The Bertz CT molecular complexity index is 698. The summed E-state index contributed by atoms with van der Waals surface area (Å²) in [5.74, 6) is 1.45. The predicted molar refractivity (Wildman–Crippen MR) is 76.3 cm³/mol. The van der Waals surface area contributed by atoms with Crippen LogP contribution in [0, 0.1) is 6.92 Å². The van der Waals surface area contributed by atoms with Crippen molar-refractivity contribution < 1.29 is 4.42 Å². The molecule has 0 aliphatic rings. The first kappa shape index (κ1) is 13.0. The standard InChI is InChI=1S/C13H15N5OS/c1-8(14)10-6-18(17-16-10)7-11-9(2)19-13(15-11)12-4-3-5-20-12/h3-6,8H,7,14H2,1-2H3. The zero-order valence-corrected chi connectivity index (χ0v) is 12.1. The second-order valence-corrected chi connectivity index (χ2v) is 5.58. The minimum Gasteiger partial charge on any atom is -0.440 e. The van der Waals surface area contributed by atoms with E-state index in [2.05, 4.69) is 15.3 Å². The van der Waals surface area contributed by atoms with Crippen molar-refractivity contribution in [1.29, 1.82) is 0 Å². The number of aromatic nitrogens is 4. The summed E-state index contributed by atoms with van der Waals surface area (Å²) in [5.41, 5.74) is 7.39. The zero-order chi connectivity index (χ0) is 14.1. The van der Waals surface area contributed by atoms with Gasteiger partial charge >= 0.3 is 0 Å². The van der Waals surface area contributed by atoms with Crippen LogP contribution in [0.4, 0.5) is 0 Å². The van der Waals surface area contributed by atoms with E-state index in [1.807, 2.05) is 37.6 Å². The molecule has 20 heavy (non-hydrogen) atoms. The molecule has 3 aromatic heterocycles. The minimum atomic E-state index is -0.121. The first-order valence-electron chi connectivity index (χ1n) is 6.29. The summed E-state index contributed by atoms with van der Waals surface area (Å²) in [4.78, 5) is 5.55. The fourth-order valence-electron chi connectivity index (χ4n) is 1.83. The molecule has 3 aromatic rings. The van der Waals surface area contributed by atoms with E-state index in [4.69, 9.17) is 10.2 Å². The number of nitrogens with two attached hydrogens (primary N) is 1. The van der Waals surface area contributed by atoms with E-state index in [9.17, 15) is 0 Å². The lowest BCUT2D eigenvalue weighted by Gasteiger charge is -1.97. The van der Waals surface area contributed by atoms with Crippen LogP contribution >= 0.6 is 11.3 Å². The molecular weight excluding hydrogens is 274 g/mol. The maximum atomic E-state index is 5.77. The monoisotopic (exact) mass is 289 g/mol. The highest BCUT2D eigenvalue weighted by Crippen LogP contribution is 2.26. The van der Waals surface area contributed by atoms with E-state index >= 15 is 0 Å². The van der Waals surface area contributed by atoms with Crippen LogP contribution in [0.15, 0.2) is 28.1 Å². The van der Waals surface area contributed by atoms with Crippen LogP contribution < -0.4 is 5.73 Å². The van der Waals surface area contributed by atoms with Gasteiger partial charge in [0, 0.05) is 6.04 Å². The molecule has 0 aliphatic carbocycles. The Kier molecular flexibility index (Phi) is 3.37. The Morgan fingerprint density at radius 2 is 2.35 bits per heavy atom. The van der Waals surface area contributed by atoms with Gasteiger partial charge in [-0.25, -0.2) is 9.67 Å². The first-order chi connectivity index (χ1) is 9.63. The molecule has 0 aromatic carbocycles. The van der Waals surface area contributed by atoms with E-state index in [1.54, 1.807) is 16.0 Å². The number of thiophene rings is 1. The van der Waals surface area contributed by atoms with Crippen molar-refractivity contribution in [3.05, 3.63) is 40.9 Å². The Morgan fingerprint density at radius 3 is 3.00 bits per heavy atom. The molecule has 0 radical (unpaired) electrons. The molecule has 0 fully saturated rings. The third-order valence-electron chi connectivity index (χ3n) is 2.96. The molecule has 7 heteroatoms. The fraction of sp³-hybridized carbons (Fsp3) is 0.308. The van der Waals surface area contributed by atoms with E-state index in [0.717, 1.165) is 22.0 Å². The van der Waals surface area contributed by atoms with Gasteiger partial charge in [-0.15, -0.1) is 16.4 Å². The van der Waals surface area contributed by atoms with Crippen molar-refractivity contribution in [2.24, 2.45) is 5.73 Å². The van der Waals surface area contributed by atoms with Crippen molar-refractivity contribution in [1.82, 2.24) is 20.0 Å².